The zero-order valence-electron chi connectivity index (χ0n) is 15.3. The molecule has 1 aromatic heterocycles. The fraction of sp³-hybridized carbons (Fsp3) is 0.421. The molecule has 1 aromatic carbocycles. The minimum absolute atomic E-state index is 0.347. The van der Waals surface area contributed by atoms with Gasteiger partial charge in [0.05, 0.1) is 13.2 Å². The highest BCUT2D eigenvalue weighted by Crippen LogP contribution is 2.25. The molecular weight excluding hydrogens is 364 g/mol. The molecule has 1 unspecified atom stereocenters. The SMILES string of the molecule is COc1ccc(NC(=S)NCC(c2cccs2)N2CCN(C)CC2)cc1. The number of thiocarbonyl (C=S) groups is 1. The second kappa shape index (κ2) is 9.32. The smallest absolute Gasteiger partial charge is 0.170 e. The molecule has 1 atom stereocenters. The third-order valence-corrected chi connectivity index (χ3v) is 5.87. The summed E-state index contributed by atoms with van der Waals surface area (Å²) in [6.07, 6.45) is 0. The zero-order chi connectivity index (χ0) is 18.4. The lowest BCUT2D eigenvalue weighted by molar-refractivity contribution is 0.114. The monoisotopic (exact) mass is 390 g/mol. The van der Waals surface area contributed by atoms with Crippen molar-refractivity contribution in [1.29, 1.82) is 0 Å². The van der Waals surface area contributed by atoms with Crippen molar-refractivity contribution in [2.75, 3.05) is 52.2 Å². The highest BCUT2D eigenvalue weighted by molar-refractivity contribution is 7.80. The number of hydrogen-bond donors (Lipinski definition) is 2. The maximum absolute atomic E-state index is 5.49. The Morgan fingerprint density at radius 2 is 1.92 bits per heavy atom. The van der Waals surface area contributed by atoms with Crippen LogP contribution in [0.2, 0.25) is 0 Å². The molecule has 1 saturated heterocycles. The van der Waals surface area contributed by atoms with E-state index in [-0.39, 0.29) is 0 Å². The average Bonchev–Trinajstić information content (AvgIpc) is 3.18. The van der Waals surface area contributed by atoms with Crippen molar-refractivity contribution in [3.63, 3.8) is 0 Å². The van der Waals surface area contributed by atoms with Gasteiger partial charge in [-0.3, -0.25) is 4.90 Å². The molecule has 7 heteroatoms. The molecule has 0 spiro atoms. The fourth-order valence-corrected chi connectivity index (χ4v) is 4.13. The summed E-state index contributed by atoms with van der Waals surface area (Å²) in [4.78, 5) is 6.31. The first kappa shape index (κ1) is 19.1. The standard InChI is InChI=1S/C19H26N4OS2/c1-22-9-11-23(12-10-22)17(18-4-3-13-26-18)14-20-19(25)21-15-5-7-16(24-2)8-6-15/h3-8,13,17H,9-12,14H2,1-2H3,(H2,20,21,25). The molecule has 2 N–H and O–H groups in total. The summed E-state index contributed by atoms with van der Waals surface area (Å²) >= 11 is 7.30. The van der Waals surface area contributed by atoms with E-state index in [0.29, 0.717) is 11.2 Å². The number of methoxy groups -OCH3 is 1. The summed E-state index contributed by atoms with van der Waals surface area (Å²) in [5.41, 5.74) is 0.954. The van der Waals surface area contributed by atoms with Crippen LogP contribution in [0.15, 0.2) is 41.8 Å². The van der Waals surface area contributed by atoms with Gasteiger partial charge in [0.15, 0.2) is 5.11 Å². The van der Waals surface area contributed by atoms with E-state index in [1.165, 1.54) is 4.88 Å². The van der Waals surface area contributed by atoms with E-state index in [1.54, 1.807) is 7.11 Å². The first-order valence-corrected chi connectivity index (χ1v) is 10.1. The largest absolute Gasteiger partial charge is 0.497 e. The van der Waals surface area contributed by atoms with Crippen LogP contribution >= 0.6 is 23.6 Å². The summed E-state index contributed by atoms with van der Waals surface area (Å²) in [7, 11) is 3.85. The van der Waals surface area contributed by atoms with Gasteiger partial charge in [-0.05, 0) is 55.0 Å². The molecule has 0 radical (unpaired) electrons. The minimum atomic E-state index is 0.347. The maximum Gasteiger partial charge on any atom is 0.170 e. The molecule has 0 amide bonds. The van der Waals surface area contributed by atoms with E-state index in [0.717, 1.165) is 44.2 Å². The summed E-state index contributed by atoms with van der Waals surface area (Å²) in [6, 6.07) is 12.5. The number of nitrogens with one attached hydrogen (secondary N) is 2. The van der Waals surface area contributed by atoms with Gasteiger partial charge in [0.1, 0.15) is 5.75 Å². The summed E-state index contributed by atoms with van der Waals surface area (Å²) < 4.78 is 5.19. The van der Waals surface area contributed by atoms with E-state index >= 15 is 0 Å². The van der Waals surface area contributed by atoms with Gasteiger partial charge >= 0.3 is 0 Å². The predicted octanol–water partition coefficient (Wildman–Crippen LogP) is 3.03. The third-order valence-electron chi connectivity index (χ3n) is 4.65. The van der Waals surface area contributed by atoms with Crippen molar-refractivity contribution in [1.82, 2.24) is 15.1 Å². The fourth-order valence-electron chi connectivity index (χ4n) is 3.06. The topological polar surface area (TPSA) is 39.8 Å². The van der Waals surface area contributed by atoms with Crippen LogP contribution in [-0.2, 0) is 0 Å². The molecule has 3 rings (SSSR count). The van der Waals surface area contributed by atoms with Crippen LogP contribution in [-0.4, -0.2) is 61.8 Å². The second-order valence-electron chi connectivity index (χ2n) is 6.43. The van der Waals surface area contributed by atoms with Crippen LogP contribution in [0.5, 0.6) is 5.75 Å². The number of benzene rings is 1. The molecule has 140 valence electrons. The number of likely N-dealkylation sites (N-methyl/N-ethyl adjacent to an activating group) is 1. The van der Waals surface area contributed by atoms with Crippen LogP contribution in [0.4, 0.5) is 5.69 Å². The van der Waals surface area contributed by atoms with Gasteiger partial charge < -0.3 is 20.3 Å². The van der Waals surface area contributed by atoms with Crippen molar-refractivity contribution in [2.24, 2.45) is 0 Å². The van der Waals surface area contributed by atoms with Gasteiger partial charge in [-0.1, -0.05) is 6.07 Å². The van der Waals surface area contributed by atoms with Crippen LogP contribution in [0.25, 0.3) is 0 Å². The Labute approximate surface area is 164 Å². The van der Waals surface area contributed by atoms with Gasteiger partial charge in [0, 0.05) is 43.3 Å². The summed E-state index contributed by atoms with van der Waals surface area (Å²) in [5.74, 6) is 0.835. The highest BCUT2D eigenvalue weighted by atomic mass is 32.1. The summed E-state index contributed by atoms with van der Waals surface area (Å²) in [5, 5.41) is 9.43. The van der Waals surface area contributed by atoms with Crippen LogP contribution < -0.4 is 15.4 Å². The molecular formula is C19H26N4OS2. The third kappa shape index (κ3) is 5.17. The predicted molar refractivity (Wildman–Crippen MR) is 113 cm³/mol. The molecule has 2 aromatic rings. The first-order valence-electron chi connectivity index (χ1n) is 8.80. The lowest BCUT2D eigenvalue weighted by Crippen LogP contribution is -2.48. The lowest BCUT2D eigenvalue weighted by Gasteiger charge is -2.37. The van der Waals surface area contributed by atoms with E-state index in [1.807, 2.05) is 35.6 Å². The Morgan fingerprint density at radius 3 is 2.54 bits per heavy atom. The first-order chi connectivity index (χ1) is 12.7. The second-order valence-corrected chi connectivity index (χ2v) is 7.82. The van der Waals surface area contributed by atoms with Gasteiger partial charge in [-0.15, -0.1) is 11.3 Å². The Hall–Kier alpha value is -1.67. The van der Waals surface area contributed by atoms with Gasteiger partial charge in [0.25, 0.3) is 0 Å². The quantitative estimate of drug-likeness (QED) is 0.739. The molecule has 1 fully saturated rings. The lowest BCUT2D eigenvalue weighted by atomic mass is 10.1. The van der Waals surface area contributed by atoms with Crippen molar-refractivity contribution >= 4 is 34.4 Å². The van der Waals surface area contributed by atoms with Gasteiger partial charge in [0.2, 0.25) is 0 Å². The number of anilines is 1. The van der Waals surface area contributed by atoms with E-state index < -0.39 is 0 Å². The Balaban J connectivity index is 1.57. The Bertz CT molecular complexity index is 682. The van der Waals surface area contributed by atoms with Crippen molar-refractivity contribution in [3.05, 3.63) is 46.7 Å². The number of piperazine rings is 1. The van der Waals surface area contributed by atoms with Crippen LogP contribution in [0.3, 0.4) is 0 Å². The maximum atomic E-state index is 5.49. The van der Waals surface area contributed by atoms with Gasteiger partial charge in [-0.2, -0.15) is 0 Å². The van der Waals surface area contributed by atoms with E-state index in [2.05, 4.69) is 45.0 Å². The number of ether oxygens (including phenoxy) is 1. The number of thiophene rings is 1. The molecule has 5 nitrogen and oxygen atoms in total. The van der Waals surface area contributed by atoms with Crippen LogP contribution in [0, 0.1) is 0 Å². The molecule has 1 aliphatic heterocycles. The normalized spacial score (nSPS) is 16.8. The van der Waals surface area contributed by atoms with E-state index in [9.17, 15) is 0 Å². The molecule has 1 aliphatic rings. The van der Waals surface area contributed by atoms with Gasteiger partial charge in [-0.25, -0.2) is 0 Å². The Morgan fingerprint density at radius 1 is 1.19 bits per heavy atom. The van der Waals surface area contributed by atoms with E-state index in [4.69, 9.17) is 17.0 Å². The van der Waals surface area contributed by atoms with Crippen molar-refractivity contribution < 1.29 is 4.74 Å². The zero-order valence-corrected chi connectivity index (χ0v) is 16.9. The van der Waals surface area contributed by atoms with Crippen molar-refractivity contribution in [2.45, 2.75) is 6.04 Å². The highest BCUT2D eigenvalue weighted by Gasteiger charge is 2.24. The number of nitrogens with zero attached hydrogens (tertiary/aromatic N) is 2. The van der Waals surface area contributed by atoms with Crippen molar-refractivity contribution in [3.8, 4) is 5.75 Å². The molecule has 2 heterocycles. The molecule has 0 saturated carbocycles. The summed E-state index contributed by atoms with van der Waals surface area (Å²) in [6.45, 7) is 5.18. The molecule has 0 aliphatic carbocycles. The number of hydrogen-bond acceptors (Lipinski definition) is 5. The average molecular weight is 391 g/mol. The Kier molecular flexibility index (Phi) is 6.85. The number of rotatable bonds is 6. The molecule has 0 bridgehead atoms. The van der Waals surface area contributed by atoms with Crippen LogP contribution in [0.1, 0.15) is 10.9 Å². The molecule has 26 heavy (non-hydrogen) atoms. The minimum Gasteiger partial charge on any atom is -0.497 e.